The number of carbonyl (C=O) groups excluding carboxylic acids is 1. The molecule has 0 saturated carbocycles. The number of aryl methyl sites for hydroxylation is 1. The summed E-state index contributed by atoms with van der Waals surface area (Å²) in [5.41, 5.74) is 6.45. The number of hydrogen-bond acceptors (Lipinski definition) is 3. The molecule has 0 aliphatic heterocycles. The van der Waals surface area contributed by atoms with Gasteiger partial charge in [-0.25, -0.2) is 4.99 Å². The van der Waals surface area contributed by atoms with Gasteiger partial charge in [-0.2, -0.15) is 0 Å². The van der Waals surface area contributed by atoms with Gasteiger partial charge in [0.2, 0.25) is 0 Å². The Kier molecular flexibility index (Phi) is 6.14. The van der Waals surface area contributed by atoms with Crippen molar-refractivity contribution in [1.82, 2.24) is 4.57 Å². The Labute approximate surface area is 211 Å². The third kappa shape index (κ3) is 4.45. The van der Waals surface area contributed by atoms with E-state index in [1.807, 2.05) is 36.5 Å². The molecule has 2 heterocycles. The van der Waals surface area contributed by atoms with Crippen molar-refractivity contribution in [2.45, 2.75) is 47.0 Å². The molecule has 0 spiro atoms. The van der Waals surface area contributed by atoms with Gasteiger partial charge in [-0.05, 0) is 61.3 Å². The van der Waals surface area contributed by atoms with Crippen LogP contribution < -0.4 is 5.32 Å². The summed E-state index contributed by atoms with van der Waals surface area (Å²) in [6.07, 6.45) is 4.99. The van der Waals surface area contributed by atoms with Gasteiger partial charge in [0.1, 0.15) is 5.00 Å². The monoisotopic (exact) mass is 483 g/mol. The number of hydrogen-bond donors (Lipinski definition) is 1. The number of aliphatic imine (C=N–C) groups is 1. The largest absolute Gasteiger partial charge is 0.347 e. The van der Waals surface area contributed by atoms with Crippen LogP contribution in [-0.4, -0.2) is 16.7 Å². The van der Waals surface area contributed by atoms with Crippen LogP contribution in [-0.2, 0) is 19.9 Å². The predicted octanol–water partition coefficient (Wildman–Crippen LogP) is 7.70. The third-order valence-corrected chi connectivity index (χ3v) is 8.65. The fraction of sp³-hybridized carbons (Fsp3) is 0.333. The molecule has 5 heteroatoms. The molecule has 4 aromatic rings. The number of thiophene rings is 1. The maximum absolute atomic E-state index is 13.6. The van der Waals surface area contributed by atoms with E-state index in [1.54, 1.807) is 11.3 Å². The standard InChI is InChI=1S/C30H33N3OS/c1-19-24(22-13-9-10-14-25(22)33(19)5)18-31-29-27(28(34)32-21-11-7-6-8-12-21)23-16-15-20(30(2,3)4)17-26(23)35-29/h6-14,18,20H,15-17H2,1-5H3,(H,32,34)/t20-/m0/s1. The zero-order valence-electron chi connectivity index (χ0n) is 21.2. The molecule has 1 aliphatic rings. The number of amides is 1. The van der Waals surface area contributed by atoms with E-state index >= 15 is 0 Å². The summed E-state index contributed by atoms with van der Waals surface area (Å²) in [6, 6.07) is 18.1. The Bertz CT molecular complexity index is 1420. The molecule has 1 amide bonds. The van der Waals surface area contributed by atoms with Gasteiger partial charge in [-0.1, -0.05) is 57.2 Å². The van der Waals surface area contributed by atoms with Gasteiger partial charge >= 0.3 is 0 Å². The molecule has 0 bridgehead atoms. The summed E-state index contributed by atoms with van der Waals surface area (Å²) < 4.78 is 2.20. The minimum absolute atomic E-state index is 0.0651. The number of carbonyl (C=O) groups is 1. The number of anilines is 1. The molecule has 2 aromatic carbocycles. The Morgan fingerprint density at radius 3 is 2.57 bits per heavy atom. The minimum atomic E-state index is -0.0651. The molecule has 35 heavy (non-hydrogen) atoms. The minimum Gasteiger partial charge on any atom is -0.347 e. The first-order valence-corrected chi connectivity index (χ1v) is 13.1. The average Bonchev–Trinajstić information content (AvgIpc) is 3.32. The molecule has 0 saturated heterocycles. The summed E-state index contributed by atoms with van der Waals surface area (Å²) in [5.74, 6) is 0.542. The van der Waals surface area contributed by atoms with Crippen molar-refractivity contribution in [2.24, 2.45) is 23.4 Å². The maximum atomic E-state index is 13.6. The lowest BCUT2D eigenvalue weighted by atomic mass is 9.72. The van der Waals surface area contributed by atoms with Crippen LogP contribution in [0.4, 0.5) is 10.7 Å². The molecule has 0 radical (unpaired) electrons. The van der Waals surface area contributed by atoms with E-state index in [9.17, 15) is 4.79 Å². The number of nitrogens with zero attached hydrogens (tertiary/aromatic N) is 2. The molecule has 4 nitrogen and oxygen atoms in total. The van der Waals surface area contributed by atoms with E-state index in [-0.39, 0.29) is 11.3 Å². The summed E-state index contributed by atoms with van der Waals surface area (Å²) in [6.45, 7) is 9.09. The van der Waals surface area contributed by atoms with Crippen LogP contribution in [0.2, 0.25) is 0 Å². The molecule has 0 fully saturated rings. The maximum Gasteiger partial charge on any atom is 0.259 e. The molecule has 1 aliphatic carbocycles. The molecule has 2 aromatic heterocycles. The molecule has 5 rings (SSSR count). The smallest absolute Gasteiger partial charge is 0.259 e. The Balaban J connectivity index is 1.57. The van der Waals surface area contributed by atoms with Crippen LogP contribution in [0, 0.1) is 18.3 Å². The SMILES string of the molecule is Cc1c(C=Nc2sc3c(c2C(=O)Nc2ccccc2)CC[C@H](C(C)(C)C)C3)c2ccccc2n1C. The van der Waals surface area contributed by atoms with E-state index in [4.69, 9.17) is 4.99 Å². The number of para-hydroxylation sites is 2. The van der Waals surface area contributed by atoms with Crippen molar-refractivity contribution in [3.63, 3.8) is 0 Å². The summed E-state index contributed by atoms with van der Waals surface area (Å²) in [5, 5.41) is 5.10. The van der Waals surface area contributed by atoms with E-state index in [0.29, 0.717) is 5.92 Å². The molecular formula is C30H33N3OS. The van der Waals surface area contributed by atoms with Crippen LogP contribution in [0.1, 0.15) is 59.2 Å². The predicted molar refractivity (Wildman–Crippen MR) is 149 cm³/mol. The fourth-order valence-electron chi connectivity index (χ4n) is 5.19. The van der Waals surface area contributed by atoms with Crippen LogP contribution in [0.5, 0.6) is 0 Å². The number of rotatable bonds is 4. The second-order valence-electron chi connectivity index (χ2n) is 10.6. The number of nitrogens with one attached hydrogen (secondary N) is 1. The van der Waals surface area contributed by atoms with Crippen LogP contribution in [0.15, 0.2) is 59.6 Å². The zero-order chi connectivity index (χ0) is 24.7. The highest BCUT2D eigenvalue weighted by Gasteiger charge is 2.33. The number of fused-ring (bicyclic) bond motifs is 2. The van der Waals surface area contributed by atoms with Gasteiger partial charge in [-0.3, -0.25) is 4.79 Å². The number of aromatic nitrogens is 1. The molecule has 0 unspecified atom stereocenters. The highest BCUT2D eigenvalue weighted by Crippen LogP contribution is 2.45. The highest BCUT2D eigenvalue weighted by molar-refractivity contribution is 7.16. The third-order valence-electron chi connectivity index (χ3n) is 7.49. The van der Waals surface area contributed by atoms with E-state index in [1.165, 1.54) is 27.0 Å². The van der Waals surface area contributed by atoms with Crippen LogP contribution in [0.25, 0.3) is 10.9 Å². The van der Waals surface area contributed by atoms with E-state index in [0.717, 1.165) is 41.1 Å². The second kappa shape index (κ2) is 9.12. The molecular weight excluding hydrogens is 450 g/mol. The summed E-state index contributed by atoms with van der Waals surface area (Å²) >= 11 is 1.69. The van der Waals surface area contributed by atoms with E-state index in [2.05, 4.69) is 68.9 Å². The van der Waals surface area contributed by atoms with Crippen molar-refractivity contribution in [2.75, 3.05) is 5.32 Å². The van der Waals surface area contributed by atoms with Crippen molar-refractivity contribution in [3.05, 3.63) is 81.9 Å². The van der Waals surface area contributed by atoms with Gasteiger partial charge in [0.15, 0.2) is 0 Å². The quantitative estimate of drug-likeness (QED) is 0.297. The van der Waals surface area contributed by atoms with Crippen molar-refractivity contribution in [3.8, 4) is 0 Å². The van der Waals surface area contributed by atoms with E-state index < -0.39 is 0 Å². The first-order chi connectivity index (χ1) is 16.7. The van der Waals surface area contributed by atoms with Crippen molar-refractivity contribution >= 4 is 45.0 Å². The lowest BCUT2D eigenvalue weighted by Gasteiger charge is -2.33. The lowest BCUT2D eigenvalue weighted by Crippen LogP contribution is -2.27. The van der Waals surface area contributed by atoms with Gasteiger partial charge in [0.05, 0.1) is 5.56 Å². The fourth-order valence-corrected chi connectivity index (χ4v) is 6.46. The first kappa shape index (κ1) is 23.6. The Hall–Kier alpha value is -3.18. The zero-order valence-corrected chi connectivity index (χ0v) is 22.0. The normalized spacial score (nSPS) is 16.1. The van der Waals surface area contributed by atoms with Gasteiger partial charge in [0, 0.05) is 46.0 Å². The topological polar surface area (TPSA) is 46.4 Å². The van der Waals surface area contributed by atoms with Crippen LogP contribution >= 0.6 is 11.3 Å². The van der Waals surface area contributed by atoms with Gasteiger partial charge in [-0.15, -0.1) is 11.3 Å². The molecule has 1 atom stereocenters. The highest BCUT2D eigenvalue weighted by atomic mass is 32.1. The van der Waals surface area contributed by atoms with Crippen molar-refractivity contribution < 1.29 is 4.79 Å². The lowest BCUT2D eigenvalue weighted by molar-refractivity contribution is 0.102. The number of benzene rings is 2. The van der Waals surface area contributed by atoms with Gasteiger partial charge in [0.25, 0.3) is 5.91 Å². The molecule has 180 valence electrons. The second-order valence-corrected chi connectivity index (χ2v) is 11.7. The Morgan fingerprint density at radius 2 is 1.83 bits per heavy atom. The summed E-state index contributed by atoms with van der Waals surface area (Å²) in [4.78, 5) is 19.8. The van der Waals surface area contributed by atoms with Gasteiger partial charge < -0.3 is 9.88 Å². The Morgan fingerprint density at radius 1 is 1.11 bits per heavy atom. The first-order valence-electron chi connectivity index (χ1n) is 12.3. The summed E-state index contributed by atoms with van der Waals surface area (Å²) in [7, 11) is 2.09. The average molecular weight is 484 g/mol. The van der Waals surface area contributed by atoms with Crippen molar-refractivity contribution in [1.29, 1.82) is 0 Å². The molecule has 1 N–H and O–H groups in total. The van der Waals surface area contributed by atoms with Crippen LogP contribution in [0.3, 0.4) is 0 Å².